The summed E-state index contributed by atoms with van der Waals surface area (Å²) in [5.41, 5.74) is 5.17. The first-order valence-electron chi connectivity index (χ1n) is 9.96. The fourth-order valence-corrected chi connectivity index (χ4v) is 3.93. The average molecular weight is 427 g/mol. The van der Waals surface area contributed by atoms with Gasteiger partial charge < -0.3 is 4.74 Å². The maximum Gasteiger partial charge on any atom is 0.264 e. The Morgan fingerprint density at radius 2 is 1.61 bits per heavy atom. The molecular formula is C26H22N2O2S. The van der Waals surface area contributed by atoms with Crippen LogP contribution in [0.2, 0.25) is 0 Å². The second kappa shape index (κ2) is 9.87. The monoisotopic (exact) mass is 426 g/mol. The van der Waals surface area contributed by atoms with E-state index in [1.165, 1.54) is 16.9 Å². The quantitative estimate of drug-likeness (QED) is 0.340. The molecule has 1 heterocycles. The van der Waals surface area contributed by atoms with Gasteiger partial charge in [0.05, 0.1) is 5.69 Å². The summed E-state index contributed by atoms with van der Waals surface area (Å²) in [6.07, 6.45) is 2.50. The maximum absolute atomic E-state index is 12.3. The second-order valence-electron chi connectivity index (χ2n) is 6.92. The number of amides is 1. The summed E-state index contributed by atoms with van der Waals surface area (Å²) in [6.45, 7) is 3.68. The number of hydrogen-bond acceptors (Lipinski definition) is 4. The largest absolute Gasteiger partial charge is 0.483 e. The van der Waals surface area contributed by atoms with Gasteiger partial charge in [0.2, 0.25) is 0 Å². The van der Waals surface area contributed by atoms with E-state index >= 15 is 0 Å². The number of anilines is 1. The summed E-state index contributed by atoms with van der Waals surface area (Å²) in [5.74, 6) is 0.449. The molecule has 3 aromatic carbocycles. The van der Waals surface area contributed by atoms with E-state index in [4.69, 9.17) is 4.74 Å². The van der Waals surface area contributed by atoms with Crippen molar-refractivity contribution in [2.75, 3.05) is 11.9 Å². The lowest BCUT2D eigenvalue weighted by Crippen LogP contribution is -2.20. The van der Waals surface area contributed by atoms with Gasteiger partial charge in [-0.3, -0.25) is 10.1 Å². The molecule has 0 radical (unpaired) electrons. The Balaban J connectivity index is 1.37. The van der Waals surface area contributed by atoms with Crippen LogP contribution in [0.3, 0.4) is 0 Å². The fourth-order valence-electron chi connectivity index (χ4n) is 3.20. The van der Waals surface area contributed by atoms with Crippen LogP contribution in [0.4, 0.5) is 5.13 Å². The first-order chi connectivity index (χ1) is 15.2. The van der Waals surface area contributed by atoms with Gasteiger partial charge in [0.25, 0.3) is 5.91 Å². The van der Waals surface area contributed by atoms with Crippen molar-refractivity contribution >= 4 is 22.4 Å². The SMILES string of the molecule is C=CCc1ccccc1OCC(=O)Nc1nc(-c2ccc(-c3ccccc3)cc2)cs1. The van der Waals surface area contributed by atoms with Crippen LogP contribution < -0.4 is 10.1 Å². The summed E-state index contributed by atoms with van der Waals surface area (Å²) in [4.78, 5) is 16.9. The molecule has 0 spiro atoms. The zero-order valence-corrected chi connectivity index (χ0v) is 17.8. The van der Waals surface area contributed by atoms with E-state index in [0.29, 0.717) is 17.3 Å². The Hall–Kier alpha value is -3.70. The maximum atomic E-state index is 12.3. The molecule has 4 rings (SSSR count). The number of nitrogens with zero attached hydrogens (tertiary/aromatic N) is 1. The number of benzene rings is 3. The van der Waals surface area contributed by atoms with Crippen LogP contribution in [0.25, 0.3) is 22.4 Å². The Morgan fingerprint density at radius 3 is 2.39 bits per heavy atom. The van der Waals surface area contributed by atoms with Crippen LogP contribution in [0.5, 0.6) is 5.75 Å². The number of carbonyl (C=O) groups excluding carboxylic acids is 1. The molecule has 1 amide bonds. The molecule has 1 N–H and O–H groups in total. The van der Waals surface area contributed by atoms with Crippen molar-refractivity contribution in [3.05, 3.63) is 102 Å². The molecule has 0 fully saturated rings. The van der Waals surface area contributed by atoms with E-state index in [9.17, 15) is 4.79 Å². The molecule has 0 aliphatic rings. The molecule has 1 aromatic heterocycles. The van der Waals surface area contributed by atoms with Crippen LogP contribution in [0.15, 0.2) is 96.9 Å². The summed E-state index contributed by atoms with van der Waals surface area (Å²) in [6, 6.07) is 26.1. The number of allylic oxidation sites excluding steroid dienone is 1. The number of hydrogen-bond donors (Lipinski definition) is 1. The lowest BCUT2D eigenvalue weighted by atomic mass is 10.0. The summed E-state index contributed by atoms with van der Waals surface area (Å²) >= 11 is 1.39. The number of aromatic nitrogens is 1. The van der Waals surface area contributed by atoms with Crippen molar-refractivity contribution in [1.82, 2.24) is 4.98 Å². The lowest BCUT2D eigenvalue weighted by molar-refractivity contribution is -0.118. The van der Waals surface area contributed by atoms with E-state index in [0.717, 1.165) is 22.4 Å². The highest BCUT2D eigenvalue weighted by Gasteiger charge is 2.10. The highest BCUT2D eigenvalue weighted by molar-refractivity contribution is 7.14. The first kappa shape index (κ1) is 20.6. The zero-order valence-electron chi connectivity index (χ0n) is 17.0. The molecule has 0 unspecified atom stereocenters. The van der Waals surface area contributed by atoms with Crippen molar-refractivity contribution in [2.45, 2.75) is 6.42 Å². The molecule has 4 nitrogen and oxygen atoms in total. The predicted octanol–water partition coefficient (Wildman–Crippen LogP) is 6.22. The van der Waals surface area contributed by atoms with Crippen LogP contribution in [0, 0.1) is 0 Å². The number of thiazole rings is 1. The molecule has 0 saturated heterocycles. The van der Waals surface area contributed by atoms with Crippen molar-refractivity contribution in [1.29, 1.82) is 0 Å². The topological polar surface area (TPSA) is 51.2 Å². The highest BCUT2D eigenvalue weighted by Crippen LogP contribution is 2.27. The van der Waals surface area contributed by atoms with E-state index < -0.39 is 0 Å². The Labute approximate surface area is 185 Å². The van der Waals surface area contributed by atoms with Crippen LogP contribution >= 0.6 is 11.3 Å². The molecule has 154 valence electrons. The zero-order chi connectivity index (χ0) is 21.5. The van der Waals surface area contributed by atoms with Gasteiger partial charge in [-0.15, -0.1) is 17.9 Å². The van der Waals surface area contributed by atoms with Gasteiger partial charge in [0.1, 0.15) is 5.75 Å². The smallest absolute Gasteiger partial charge is 0.264 e. The van der Waals surface area contributed by atoms with Gasteiger partial charge in [-0.25, -0.2) is 4.98 Å². The minimum absolute atomic E-state index is 0.0746. The van der Waals surface area contributed by atoms with E-state index in [-0.39, 0.29) is 12.5 Å². The highest BCUT2D eigenvalue weighted by atomic mass is 32.1. The van der Waals surface area contributed by atoms with Crippen LogP contribution in [-0.2, 0) is 11.2 Å². The Kier molecular flexibility index (Phi) is 6.55. The number of ether oxygens (including phenoxy) is 1. The molecule has 31 heavy (non-hydrogen) atoms. The third-order valence-electron chi connectivity index (χ3n) is 4.73. The molecule has 0 aliphatic carbocycles. The fraction of sp³-hybridized carbons (Fsp3) is 0.0769. The molecular weight excluding hydrogens is 404 g/mol. The Morgan fingerprint density at radius 1 is 0.935 bits per heavy atom. The third kappa shape index (κ3) is 5.27. The van der Waals surface area contributed by atoms with Gasteiger partial charge in [-0.1, -0.05) is 78.9 Å². The lowest BCUT2D eigenvalue weighted by Gasteiger charge is -2.09. The van der Waals surface area contributed by atoms with Gasteiger partial charge in [-0.2, -0.15) is 0 Å². The summed E-state index contributed by atoms with van der Waals surface area (Å²) in [5, 5.41) is 5.30. The molecule has 4 aromatic rings. The summed E-state index contributed by atoms with van der Waals surface area (Å²) < 4.78 is 5.69. The molecule has 0 aliphatic heterocycles. The van der Waals surface area contributed by atoms with Crippen molar-refractivity contribution in [3.8, 4) is 28.1 Å². The number of para-hydroxylation sites is 1. The molecule has 0 bridgehead atoms. The molecule has 0 saturated carbocycles. The van der Waals surface area contributed by atoms with Crippen molar-refractivity contribution in [2.24, 2.45) is 0 Å². The van der Waals surface area contributed by atoms with E-state index in [2.05, 4.69) is 41.1 Å². The van der Waals surface area contributed by atoms with Crippen molar-refractivity contribution < 1.29 is 9.53 Å². The van der Waals surface area contributed by atoms with Gasteiger partial charge in [0.15, 0.2) is 11.7 Å². The number of carbonyl (C=O) groups is 1. The minimum atomic E-state index is -0.242. The van der Waals surface area contributed by atoms with Gasteiger partial charge in [0, 0.05) is 10.9 Å². The van der Waals surface area contributed by atoms with E-state index in [1.54, 1.807) is 0 Å². The average Bonchev–Trinajstić information content (AvgIpc) is 3.28. The second-order valence-corrected chi connectivity index (χ2v) is 7.78. The Bertz CT molecular complexity index is 1170. The summed E-state index contributed by atoms with van der Waals surface area (Å²) in [7, 11) is 0. The van der Waals surface area contributed by atoms with Crippen LogP contribution in [0.1, 0.15) is 5.56 Å². The molecule has 5 heteroatoms. The van der Waals surface area contributed by atoms with Gasteiger partial charge >= 0.3 is 0 Å². The number of rotatable bonds is 8. The third-order valence-corrected chi connectivity index (χ3v) is 5.49. The number of nitrogens with one attached hydrogen (secondary N) is 1. The molecule has 0 atom stereocenters. The first-order valence-corrected chi connectivity index (χ1v) is 10.8. The normalized spacial score (nSPS) is 10.5. The minimum Gasteiger partial charge on any atom is -0.483 e. The van der Waals surface area contributed by atoms with Crippen LogP contribution in [-0.4, -0.2) is 17.5 Å². The van der Waals surface area contributed by atoms with E-state index in [1.807, 2.05) is 66.1 Å². The van der Waals surface area contributed by atoms with Crippen molar-refractivity contribution in [3.63, 3.8) is 0 Å². The predicted molar refractivity (Wildman–Crippen MR) is 127 cm³/mol. The van der Waals surface area contributed by atoms with Gasteiger partial charge in [-0.05, 0) is 29.2 Å². The standard InChI is InChI=1S/C26H22N2O2S/c1-2-8-22-11-6-7-12-24(22)30-17-25(29)28-26-27-23(18-31-26)21-15-13-20(14-16-21)19-9-4-3-5-10-19/h2-7,9-16,18H,1,8,17H2,(H,27,28,29).